The number of rotatable bonds is 5. The van der Waals surface area contributed by atoms with Crippen molar-refractivity contribution in [3.8, 4) is 0 Å². The zero-order chi connectivity index (χ0) is 40.9. The molecule has 0 saturated heterocycles. The molecule has 3 aromatic carbocycles. The summed E-state index contributed by atoms with van der Waals surface area (Å²) in [7, 11) is -2.57. The third kappa shape index (κ3) is 5.81. The van der Waals surface area contributed by atoms with Crippen LogP contribution < -0.4 is 16.4 Å². The Morgan fingerprint density at radius 3 is 0.792 bits per heavy atom. The Morgan fingerprint density at radius 1 is 0.377 bits per heavy atom. The number of hydrogen-bond acceptors (Lipinski definition) is 0. The van der Waals surface area contributed by atoms with E-state index >= 15 is 52.7 Å². The van der Waals surface area contributed by atoms with Crippen LogP contribution in [-0.2, 0) is 0 Å². The van der Waals surface area contributed by atoms with Crippen LogP contribution in [0.3, 0.4) is 0 Å². The Kier molecular flexibility index (Phi) is 10.9. The minimum Gasteiger partial charge on any atom is -0.207 e. The van der Waals surface area contributed by atoms with Crippen LogP contribution in [0.15, 0.2) is 12.2 Å². The third-order valence-corrected chi connectivity index (χ3v) is 18.6. The van der Waals surface area contributed by atoms with E-state index < -0.39 is 150 Å². The van der Waals surface area contributed by atoms with Crippen molar-refractivity contribution in [2.75, 3.05) is 0 Å². The van der Waals surface area contributed by atoms with Gasteiger partial charge >= 0.3 is 0 Å². The highest BCUT2D eigenvalue weighted by atomic mass is 31.2. The van der Waals surface area contributed by atoms with E-state index in [0.29, 0.717) is 0 Å². The first-order valence-corrected chi connectivity index (χ1v) is 18.1. The van der Waals surface area contributed by atoms with Gasteiger partial charge in [0.05, 0.1) is 21.1 Å². The molecule has 0 bridgehead atoms. The van der Waals surface area contributed by atoms with Gasteiger partial charge in [-0.15, -0.1) is 28.3 Å². The van der Waals surface area contributed by atoms with Crippen molar-refractivity contribution in [1.29, 1.82) is 0 Å². The third-order valence-electron chi connectivity index (χ3n) is 10.8. The first-order valence-electron chi connectivity index (χ1n) is 16.3. The van der Waals surface area contributed by atoms with Crippen LogP contribution in [0.25, 0.3) is 0 Å². The fourth-order valence-electron chi connectivity index (χ4n) is 10.2. The van der Waals surface area contributed by atoms with Crippen molar-refractivity contribution >= 4 is 29.8 Å². The Balaban J connectivity index is 2.41. The topological polar surface area (TPSA) is 0 Å². The predicted molar refractivity (Wildman–Crippen MR) is 175 cm³/mol. The number of halogens is 15. The Hall–Kier alpha value is -3.16. The molecule has 0 N–H and O–H groups in total. The lowest BCUT2D eigenvalue weighted by Crippen LogP contribution is -2.75. The molecular formula is C36H35BF15P. The molecule has 4 rings (SSSR count). The standard InChI is InChI=1S/C36H35BF15P/c1-34(2,3)53(35(4,5)6,36(7,8)9)15-12-10-14(11-13-15)37(16-19(38)25(44)31(50)26(45)20(16)39,17-21(40)27(46)32(51)28(47)22(17)41)18-23(42)29(48)33(52)30(49)24(18)43/h10,12,14-15H,11,13H2,1-9H3. The molecule has 0 radical (unpaired) electrons. The lowest BCUT2D eigenvalue weighted by atomic mass is 9.09. The van der Waals surface area contributed by atoms with E-state index in [1.165, 1.54) is 6.08 Å². The summed E-state index contributed by atoms with van der Waals surface area (Å²) in [5.41, 5.74) is -8.30. The molecule has 1 aliphatic carbocycles. The number of hydrogen-bond donors (Lipinski definition) is 0. The average Bonchev–Trinajstić information content (AvgIpc) is 3.04. The van der Waals surface area contributed by atoms with Crippen molar-refractivity contribution in [3.05, 3.63) is 99.4 Å². The molecular weight excluding hydrogens is 759 g/mol. The number of benzene rings is 3. The van der Waals surface area contributed by atoms with Gasteiger partial charge in [0.25, 0.3) is 0 Å². The maximum absolute atomic E-state index is 16.1. The summed E-state index contributed by atoms with van der Waals surface area (Å²) in [6.07, 6.45) is -4.66. The normalized spacial score (nSPS) is 17.6. The van der Waals surface area contributed by atoms with Crippen molar-refractivity contribution in [2.24, 2.45) is 0 Å². The van der Waals surface area contributed by atoms with Gasteiger partial charge < -0.3 is 0 Å². The van der Waals surface area contributed by atoms with Gasteiger partial charge in [-0.1, -0.05) is 12.5 Å². The van der Waals surface area contributed by atoms with E-state index in [2.05, 4.69) is 0 Å². The van der Waals surface area contributed by atoms with Gasteiger partial charge in [-0.05, 0) is 68.7 Å². The van der Waals surface area contributed by atoms with E-state index in [1.54, 1.807) is 0 Å². The van der Waals surface area contributed by atoms with Crippen LogP contribution in [-0.4, -0.2) is 27.3 Å². The highest BCUT2D eigenvalue weighted by Crippen LogP contribution is 2.86. The average molecular weight is 794 g/mol. The zero-order valence-electron chi connectivity index (χ0n) is 29.9. The van der Waals surface area contributed by atoms with E-state index in [1.807, 2.05) is 62.3 Å². The molecule has 0 spiro atoms. The zero-order valence-corrected chi connectivity index (χ0v) is 30.8. The molecule has 2 unspecified atom stereocenters. The molecule has 2 atom stereocenters. The maximum atomic E-state index is 16.1. The molecule has 1 aliphatic rings. The van der Waals surface area contributed by atoms with E-state index in [0.717, 1.165) is 6.08 Å². The van der Waals surface area contributed by atoms with E-state index in [4.69, 9.17) is 0 Å². The molecule has 0 heterocycles. The van der Waals surface area contributed by atoms with E-state index in [-0.39, 0.29) is 6.42 Å². The molecule has 0 saturated carbocycles. The van der Waals surface area contributed by atoms with Crippen LogP contribution in [0.4, 0.5) is 65.9 Å². The number of allylic oxidation sites excluding steroid dienone is 2. The molecule has 17 heteroatoms. The van der Waals surface area contributed by atoms with Gasteiger partial charge in [0, 0.05) is 7.26 Å². The molecule has 0 aromatic heterocycles. The summed E-state index contributed by atoms with van der Waals surface area (Å²) in [5, 5.41) is -1.67. The Labute approximate surface area is 297 Å². The van der Waals surface area contributed by atoms with Crippen LogP contribution >= 0.6 is 7.26 Å². The van der Waals surface area contributed by atoms with Gasteiger partial charge in [-0.25, -0.2) is 65.9 Å². The van der Waals surface area contributed by atoms with Gasteiger partial charge in [0.15, 0.2) is 52.4 Å². The molecule has 53 heavy (non-hydrogen) atoms. The summed E-state index contributed by atoms with van der Waals surface area (Å²) in [6, 6.07) is 0. The minimum absolute atomic E-state index is 0.273. The lowest BCUT2D eigenvalue weighted by Gasteiger charge is -2.59. The summed E-state index contributed by atoms with van der Waals surface area (Å²) < 4.78 is 230. The largest absolute Gasteiger partial charge is 0.207 e. The SMILES string of the molecule is CC(C)(C)[P+](C1C=CC([B-](c2c(F)c(F)c(F)c(F)c2F)(c2c(F)c(F)c(F)c(F)c2F)c2c(F)c(F)c(F)c(F)c2F)CC1)(C(C)(C)C)C(C)(C)C. The molecule has 292 valence electrons. The van der Waals surface area contributed by atoms with Gasteiger partial charge in [0.2, 0.25) is 0 Å². The molecule has 0 nitrogen and oxygen atoms in total. The van der Waals surface area contributed by atoms with Crippen molar-refractivity contribution in [2.45, 2.75) is 102 Å². The van der Waals surface area contributed by atoms with Gasteiger partial charge in [-0.3, -0.25) is 0 Å². The first kappa shape index (κ1) is 42.6. The fraction of sp³-hybridized carbons (Fsp3) is 0.444. The van der Waals surface area contributed by atoms with Crippen LogP contribution in [0, 0.1) is 87.3 Å². The molecule has 0 amide bonds. The highest BCUT2D eigenvalue weighted by molar-refractivity contribution is 7.80. The Morgan fingerprint density at radius 2 is 0.604 bits per heavy atom. The summed E-state index contributed by atoms with van der Waals surface area (Å²) in [5.74, 6) is -47.1. The first-order chi connectivity index (χ1) is 24.0. The van der Waals surface area contributed by atoms with Crippen LogP contribution in [0.1, 0.15) is 75.2 Å². The van der Waals surface area contributed by atoms with Crippen LogP contribution in [0.2, 0.25) is 5.82 Å². The fourth-order valence-corrected chi connectivity index (χ4v) is 20.1. The van der Waals surface area contributed by atoms with Gasteiger partial charge in [0.1, 0.15) is 41.0 Å². The monoisotopic (exact) mass is 794 g/mol. The summed E-state index contributed by atoms with van der Waals surface area (Å²) in [4.78, 5) is 0. The summed E-state index contributed by atoms with van der Waals surface area (Å²) in [6.45, 7) is 17.3. The second-order valence-electron chi connectivity index (χ2n) is 16.3. The van der Waals surface area contributed by atoms with Crippen molar-refractivity contribution in [1.82, 2.24) is 0 Å². The second kappa shape index (κ2) is 13.5. The molecule has 3 aromatic rings. The van der Waals surface area contributed by atoms with Crippen LogP contribution in [0.5, 0.6) is 0 Å². The second-order valence-corrected chi connectivity index (χ2v) is 22.4. The Bertz CT molecular complexity index is 1730. The molecule has 0 aliphatic heterocycles. The summed E-state index contributed by atoms with van der Waals surface area (Å²) >= 11 is 0. The quantitative estimate of drug-likeness (QED) is 0.0603. The van der Waals surface area contributed by atoms with E-state index in [9.17, 15) is 13.2 Å². The maximum Gasteiger partial charge on any atom is 0.200 e. The minimum atomic E-state index is -5.67. The predicted octanol–water partition coefficient (Wildman–Crippen LogP) is 10.7. The smallest absolute Gasteiger partial charge is 0.200 e. The molecule has 0 fully saturated rings. The highest BCUT2D eigenvalue weighted by Gasteiger charge is 2.68. The van der Waals surface area contributed by atoms with Gasteiger partial charge in [-0.2, -0.15) is 0 Å². The van der Waals surface area contributed by atoms with Crippen molar-refractivity contribution in [3.63, 3.8) is 0 Å². The lowest BCUT2D eigenvalue weighted by molar-refractivity contribution is 0.379. The van der Waals surface area contributed by atoms with Crippen molar-refractivity contribution < 1.29 is 65.9 Å².